The smallest absolute Gasteiger partial charge is 0.242 e. The highest BCUT2D eigenvalue weighted by Crippen LogP contribution is 2.22. The predicted octanol–water partition coefficient (Wildman–Crippen LogP) is 1.85. The molecule has 1 aromatic carbocycles. The number of hydrogen-bond acceptors (Lipinski definition) is 3. The van der Waals surface area contributed by atoms with Crippen LogP contribution in [0.3, 0.4) is 0 Å². The third-order valence-electron chi connectivity index (χ3n) is 3.02. The van der Waals surface area contributed by atoms with Gasteiger partial charge in [0.25, 0.3) is 0 Å². The van der Waals surface area contributed by atoms with Crippen LogP contribution in [0.15, 0.2) is 34.7 Å². The lowest BCUT2D eigenvalue weighted by Gasteiger charge is -2.15. The Morgan fingerprint density at radius 1 is 1.42 bits per heavy atom. The van der Waals surface area contributed by atoms with Crippen molar-refractivity contribution < 1.29 is 8.42 Å². The zero-order valence-electron chi connectivity index (χ0n) is 10.7. The summed E-state index contributed by atoms with van der Waals surface area (Å²) in [6, 6.07) is 4.98. The average molecular weight is 301 g/mol. The second kappa shape index (κ2) is 6.05. The van der Waals surface area contributed by atoms with Crippen molar-refractivity contribution in [3.05, 3.63) is 40.4 Å². The number of sulfonamides is 1. The molecule has 1 aliphatic rings. The van der Waals surface area contributed by atoms with Gasteiger partial charge in [-0.05, 0) is 37.6 Å². The molecule has 1 aliphatic heterocycles. The number of benzene rings is 1. The van der Waals surface area contributed by atoms with E-state index in [4.69, 9.17) is 11.6 Å². The van der Waals surface area contributed by atoms with E-state index in [-0.39, 0.29) is 9.92 Å². The average Bonchev–Trinajstić information content (AvgIpc) is 2.40. The number of hydrogen-bond donors (Lipinski definition) is 2. The summed E-state index contributed by atoms with van der Waals surface area (Å²) in [5.74, 6) is 0. The predicted molar refractivity (Wildman–Crippen MR) is 76.9 cm³/mol. The molecule has 6 heteroatoms. The quantitative estimate of drug-likeness (QED) is 0.834. The maximum absolute atomic E-state index is 12.2. The molecular weight excluding hydrogens is 284 g/mol. The van der Waals surface area contributed by atoms with Crippen molar-refractivity contribution in [1.82, 2.24) is 10.0 Å². The van der Waals surface area contributed by atoms with Crippen LogP contribution >= 0.6 is 11.6 Å². The van der Waals surface area contributed by atoms with Crippen LogP contribution in [-0.2, 0) is 10.0 Å². The molecule has 1 aromatic rings. The van der Waals surface area contributed by atoms with Crippen molar-refractivity contribution in [2.75, 3.05) is 19.6 Å². The number of halogens is 1. The second-order valence-electron chi connectivity index (χ2n) is 4.57. The molecule has 0 bridgehead atoms. The highest BCUT2D eigenvalue weighted by Gasteiger charge is 2.18. The minimum Gasteiger partial charge on any atom is -0.313 e. The van der Waals surface area contributed by atoms with Gasteiger partial charge < -0.3 is 5.32 Å². The highest BCUT2D eigenvalue weighted by molar-refractivity contribution is 7.89. The zero-order valence-corrected chi connectivity index (χ0v) is 12.3. The van der Waals surface area contributed by atoms with E-state index in [9.17, 15) is 8.42 Å². The Kier molecular flexibility index (Phi) is 4.62. The first kappa shape index (κ1) is 14.5. The van der Waals surface area contributed by atoms with Gasteiger partial charge in [0.2, 0.25) is 10.0 Å². The monoisotopic (exact) mass is 300 g/mol. The normalized spacial score (nSPS) is 16.2. The Labute approximate surface area is 118 Å². The molecule has 0 radical (unpaired) electrons. The van der Waals surface area contributed by atoms with E-state index in [0.717, 1.165) is 30.6 Å². The summed E-state index contributed by atoms with van der Waals surface area (Å²) in [7, 11) is -3.56. The van der Waals surface area contributed by atoms with Crippen LogP contribution in [0.25, 0.3) is 0 Å². The molecule has 2 N–H and O–H groups in total. The van der Waals surface area contributed by atoms with E-state index in [1.54, 1.807) is 18.2 Å². The Hall–Kier alpha value is -0.880. The molecule has 0 spiro atoms. The van der Waals surface area contributed by atoms with Crippen molar-refractivity contribution in [3.8, 4) is 0 Å². The lowest BCUT2D eigenvalue weighted by molar-refractivity contribution is 0.582. The fourth-order valence-corrected chi connectivity index (χ4v) is 3.53. The summed E-state index contributed by atoms with van der Waals surface area (Å²) >= 11 is 5.96. The van der Waals surface area contributed by atoms with Gasteiger partial charge in [0.15, 0.2) is 0 Å². The number of aryl methyl sites for hydroxylation is 1. The fourth-order valence-electron chi connectivity index (χ4n) is 1.91. The molecule has 19 heavy (non-hydrogen) atoms. The molecule has 104 valence electrons. The second-order valence-corrected chi connectivity index (χ2v) is 6.72. The lowest BCUT2D eigenvalue weighted by Crippen LogP contribution is -2.29. The first-order valence-corrected chi connectivity index (χ1v) is 7.99. The fraction of sp³-hybridized carbons (Fsp3) is 0.385. The first-order valence-electron chi connectivity index (χ1n) is 6.13. The van der Waals surface area contributed by atoms with Gasteiger partial charge in [-0.25, -0.2) is 13.1 Å². The Morgan fingerprint density at radius 3 is 2.89 bits per heavy atom. The van der Waals surface area contributed by atoms with Crippen LogP contribution < -0.4 is 10.0 Å². The van der Waals surface area contributed by atoms with Crippen LogP contribution in [0.1, 0.15) is 12.0 Å². The third kappa shape index (κ3) is 3.79. The third-order valence-corrected chi connectivity index (χ3v) is 4.91. The van der Waals surface area contributed by atoms with E-state index in [1.165, 1.54) is 0 Å². The molecule has 0 aliphatic carbocycles. The van der Waals surface area contributed by atoms with Gasteiger partial charge >= 0.3 is 0 Å². The van der Waals surface area contributed by atoms with E-state index in [2.05, 4.69) is 10.0 Å². The van der Waals surface area contributed by atoms with Gasteiger partial charge in [0.05, 0.1) is 5.02 Å². The lowest BCUT2D eigenvalue weighted by atomic mass is 10.1. The number of rotatable bonds is 4. The summed E-state index contributed by atoms with van der Waals surface area (Å²) in [4.78, 5) is 0.142. The molecule has 0 saturated carbocycles. The Bertz CT molecular complexity index is 597. The van der Waals surface area contributed by atoms with E-state index < -0.39 is 10.0 Å². The van der Waals surface area contributed by atoms with Crippen molar-refractivity contribution in [1.29, 1.82) is 0 Å². The van der Waals surface area contributed by atoms with Crippen LogP contribution in [0, 0.1) is 6.92 Å². The minimum absolute atomic E-state index is 0.142. The van der Waals surface area contributed by atoms with Gasteiger partial charge in [0.1, 0.15) is 4.90 Å². The van der Waals surface area contributed by atoms with Crippen molar-refractivity contribution in [2.45, 2.75) is 18.2 Å². The van der Waals surface area contributed by atoms with Gasteiger partial charge in [-0.2, -0.15) is 0 Å². The molecule has 0 saturated heterocycles. The molecule has 0 fully saturated rings. The Balaban J connectivity index is 2.13. The van der Waals surface area contributed by atoms with Crippen LogP contribution in [-0.4, -0.2) is 28.1 Å². The van der Waals surface area contributed by atoms with E-state index >= 15 is 0 Å². The van der Waals surface area contributed by atoms with Crippen LogP contribution in [0.2, 0.25) is 5.02 Å². The first-order chi connectivity index (χ1) is 8.99. The maximum atomic E-state index is 12.2. The molecule has 0 amide bonds. The molecule has 0 aromatic heterocycles. The van der Waals surface area contributed by atoms with Gasteiger partial charge in [-0.3, -0.25) is 0 Å². The minimum atomic E-state index is -3.56. The van der Waals surface area contributed by atoms with Crippen molar-refractivity contribution >= 4 is 21.6 Å². The summed E-state index contributed by atoms with van der Waals surface area (Å²) in [5, 5.41) is 3.43. The molecular formula is C13H17ClN2O2S. The summed E-state index contributed by atoms with van der Waals surface area (Å²) in [6.45, 7) is 3.86. The van der Waals surface area contributed by atoms with Gasteiger partial charge in [0, 0.05) is 13.1 Å². The summed E-state index contributed by atoms with van der Waals surface area (Å²) in [5.41, 5.74) is 1.97. The zero-order chi connectivity index (χ0) is 13.9. The Morgan fingerprint density at radius 2 is 2.21 bits per heavy atom. The molecule has 0 atom stereocenters. The largest absolute Gasteiger partial charge is 0.313 e. The van der Waals surface area contributed by atoms with Gasteiger partial charge in [-0.1, -0.05) is 29.3 Å². The standard InChI is InChI=1S/C13H17ClN2O2S/c1-10-2-3-12(14)13(8-10)19(17,18)16-9-11-4-6-15-7-5-11/h2-4,8,15-16H,5-7,9H2,1H3. The highest BCUT2D eigenvalue weighted by atomic mass is 35.5. The SMILES string of the molecule is Cc1ccc(Cl)c(S(=O)(=O)NCC2=CCNCC2)c1. The molecule has 2 rings (SSSR count). The molecule has 4 nitrogen and oxygen atoms in total. The van der Waals surface area contributed by atoms with Gasteiger partial charge in [-0.15, -0.1) is 0 Å². The number of nitrogens with one attached hydrogen (secondary N) is 2. The van der Waals surface area contributed by atoms with E-state index in [1.807, 2.05) is 13.0 Å². The van der Waals surface area contributed by atoms with Crippen LogP contribution in [0.5, 0.6) is 0 Å². The van der Waals surface area contributed by atoms with E-state index in [0.29, 0.717) is 6.54 Å². The topological polar surface area (TPSA) is 58.2 Å². The summed E-state index contributed by atoms with van der Waals surface area (Å²) in [6.07, 6.45) is 2.88. The summed E-state index contributed by atoms with van der Waals surface area (Å²) < 4.78 is 27.0. The maximum Gasteiger partial charge on any atom is 0.242 e. The van der Waals surface area contributed by atoms with Crippen molar-refractivity contribution in [2.24, 2.45) is 0 Å². The molecule has 0 unspecified atom stereocenters. The van der Waals surface area contributed by atoms with Crippen LogP contribution in [0.4, 0.5) is 0 Å². The van der Waals surface area contributed by atoms with Crippen molar-refractivity contribution in [3.63, 3.8) is 0 Å². The molecule has 1 heterocycles.